The maximum Gasteiger partial charge on any atom is 0.251 e. The van der Waals surface area contributed by atoms with Crippen LogP contribution in [0.2, 0.25) is 0 Å². The Morgan fingerprint density at radius 3 is 2.81 bits per heavy atom. The highest BCUT2D eigenvalue weighted by Gasteiger charge is 2.12. The van der Waals surface area contributed by atoms with Gasteiger partial charge in [-0.25, -0.2) is 0 Å². The van der Waals surface area contributed by atoms with Gasteiger partial charge >= 0.3 is 0 Å². The van der Waals surface area contributed by atoms with Crippen LogP contribution in [-0.4, -0.2) is 11.9 Å². The van der Waals surface area contributed by atoms with Crippen molar-refractivity contribution in [3.8, 4) is 6.07 Å². The number of rotatable bonds is 3. The van der Waals surface area contributed by atoms with Crippen LogP contribution < -0.4 is 5.32 Å². The molecule has 1 aromatic rings. The van der Waals surface area contributed by atoms with Crippen molar-refractivity contribution >= 4 is 5.91 Å². The Kier molecular flexibility index (Phi) is 4.07. The van der Waals surface area contributed by atoms with E-state index in [1.54, 1.807) is 6.07 Å². The van der Waals surface area contributed by atoms with Gasteiger partial charge in [-0.2, -0.15) is 5.26 Å². The number of hydrogen-bond acceptors (Lipinski definition) is 2. The quantitative estimate of drug-likeness (QED) is 0.843. The van der Waals surface area contributed by atoms with Crippen molar-refractivity contribution in [1.82, 2.24) is 5.32 Å². The molecule has 3 nitrogen and oxygen atoms in total. The van der Waals surface area contributed by atoms with Crippen LogP contribution in [0.5, 0.6) is 0 Å². The van der Waals surface area contributed by atoms with Gasteiger partial charge in [0.25, 0.3) is 5.91 Å². The molecule has 0 aliphatic rings. The second kappa shape index (κ2) is 5.32. The van der Waals surface area contributed by atoms with Crippen molar-refractivity contribution in [3.05, 3.63) is 34.9 Å². The summed E-state index contributed by atoms with van der Waals surface area (Å²) in [6, 6.07) is 7.57. The lowest BCUT2D eigenvalue weighted by atomic mass is 10.0. The molecule has 84 valence electrons. The molecule has 1 amide bonds. The van der Waals surface area contributed by atoms with Crippen molar-refractivity contribution in [2.75, 3.05) is 0 Å². The van der Waals surface area contributed by atoms with Gasteiger partial charge in [-0.1, -0.05) is 12.1 Å². The molecular formula is C13H16N2O. The van der Waals surface area contributed by atoms with Gasteiger partial charge in [0, 0.05) is 11.6 Å². The molecule has 0 radical (unpaired) electrons. The lowest BCUT2D eigenvalue weighted by molar-refractivity contribution is 0.0940. The first kappa shape index (κ1) is 12.3. The lowest BCUT2D eigenvalue weighted by Gasteiger charge is -2.12. The second-order valence-corrected chi connectivity index (χ2v) is 3.98. The third kappa shape index (κ3) is 2.83. The Morgan fingerprint density at radius 1 is 1.50 bits per heavy atom. The first-order valence-electron chi connectivity index (χ1n) is 5.30. The zero-order valence-electron chi connectivity index (χ0n) is 9.87. The summed E-state index contributed by atoms with van der Waals surface area (Å²) in [5.41, 5.74) is 2.77. The Hall–Kier alpha value is -1.82. The SMILES string of the molecule is Cc1cccc(C(=O)NC(C)CC#N)c1C. The zero-order chi connectivity index (χ0) is 12.1. The van der Waals surface area contributed by atoms with E-state index in [0.29, 0.717) is 12.0 Å². The second-order valence-electron chi connectivity index (χ2n) is 3.98. The molecular weight excluding hydrogens is 200 g/mol. The predicted octanol–water partition coefficient (Wildman–Crippen LogP) is 2.34. The smallest absolute Gasteiger partial charge is 0.251 e. The minimum absolute atomic E-state index is 0.107. The third-order valence-corrected chi connectivity index (χ3v) is 2.62. The average Bonchev–Trinajstić information content (AvgIpc) is 2.22. The number of nitriles is 1. The molecule has 0 aliphatic carbocycles. The topological polar surface area (TPSA) is 52.9 Å². The summed E-state index contributed by atoms with van der Waals surface area (Å²) in [6.45, 7) is 5.73. The highest BCUT2D eigenvalue weighted by molar-refractivity contribution is 5.96. The molecule has 0 aromatic heterocycles. The predicted molar refractivity (Wildman–Crippen MR) is 63.1 cm³/mol. The Balaban J connectivity index is 2.82. The summed E-state index contributed by atoms with van der Waals surface area (Å²) >= 11 is 0. The molecule has 0 saturated heterocycles. The van der Waals surface area contributed by atoms with Gasteiger partial charge in [-0.3, -0.25) is 4.79 Å². The standard InChI is InChI=1S/C13H16N2O/c1-9-5-4-6-12(11(9)3)13(16)15-10(2)7-8-14/h4-6,10H,7H2,1-3H3,(H,15,16). The van der Waals surface area contributed by atoms with Gasteiger partial charge in [0.2, 0.25) is 0 Å². The number of carbonyl (C=O) groups is 1. The fourth-order valence-electron chi connectivity index (χ4n) is 1.49. The van der Waals surface area contributed by atoms with Crippen LogP contribution >= 0.6 is 0 Å². The maximum absolute atomic E-state index is 11.9. The highest BCUT2D eigenvalue weighted by atomic mass is 16.1. The molecule has 0 saturated carbocycles. The Morgan fingerprint density at radius 2 is 2.19 bits per heavy atom. The van der Waals surface area contributed by atoms with E-state index in [4.69, 9.17) is 5.26 Å². The van der Waals surface area contributed by atoms with E-state index >= 15 is 0 Å². The number of nitrogens with zero attached hydrogens (tertiary/aromatic N) is 1. The summed E-state index contributed by atoms with van der Waals surface area (Å²) < 4.78 is 0. The van der Waals surface area contributed by atoms with E-state index in [-0.39, 0.29) is 11.9 Å². The summed E-state index contributed by atoms with van der Waals surface area (Å²) in [7, 11) is 0. The van der Waals surface area contributed by atoms with Gasteiger partial charge in [0.1, 0.15) is 0 Å². The molecule has 3 heteroatoms. The Labute approximate surface area is 96.1 Å². The lowest BCUT2D eigenvalue weighted by Crippen LogP contribution is -2.32. The summed E-state index contributed by atoms with van der Waals surface area (Å²) in [5.74, 6) is -0.107. The van der Waals surface area contributed by atoms with Crippen LogP contribution in [0.1, 0.15) is 34.8 Å². The van der Waals surface area contributed by atoms with Crippen molar-refractivity contribution < 1.29 is 4.79 Å². The number of carbonyl (C=O) groups excluding carboxylic acids is 1. The molecule has 16 heavy (non-hydrogen) atoms. The molecule has 1 atom stereocenters. The minimum Gasteiger partial charge on any atom is -0.349 e. The molecule has 1 rings (SSSR count). The van der Waals surface area contributed by atoms with E-state index in [2.05, 4.69) is 5.32 Å². The van der Waals surface area contributed by atoms with Crippen molar-refractivity contribution in [2.45, 2.75) is 33.2 Å². The maximum atomic E-state index is 11.9. The van der Waals surface area contributed by atoms with Crippen molar-refractivity contribution in [2.24, 2.45) is 0 Å². The molecule has 1 N–H and O–H groups in total. The van der Waals surface area contributed by atoms with Gasteiger partial charge < -0.3 is 5.32 Å². The van der Waals surface area contributed by atoms with E-state index < -0.39 is 0 Å². The molecule has 0 aliphatic heterocycles. The zero-order valence-corrected chi connectivity index (χ0v) is 9.87. The first-order chi connectivity index (χ1) is 7.56. The largest absolute Gasteiger partial charge is 0.349 e. The first-order valence-corrected chi connectivity index (χ1v) is 5.30. The molecule has 1 aromatic carbocycles. The van der Waals surface area contributed by atoms with Gasteiger partial charge in [-0.05, 0) is 38.0 Å². The highest BCUT2D eigenvalue weighted by Crippen LogP contribution is 2.12. The van der Waals surface area contributed by atoms with Gasteiger partial charge in [-0.15, -0.1) is 0 Å². The van der Waals surface area contributed by atoms with E-state index in [1.807, 2.05) is 39.0 Å². The number of aryl methyl sites for hydroxylation is 1. The fourth-order valence-corrected chi connectivity index (χ4v) is 1.49. The van der Waals surface area contributed by atoms with E-state index in [0.717, 1.165) is 11.1 Å². The fraction of sp³-hybridized carbons (Fsp3) is 0.385. The number of amides is 1. The van der Waals surface area contributed by atoms with Crippen LogP contribution in [0.3, 0.4) is 0 Å². The van der Waals surface area contributed by atoms with Gasteiger partial charge in [0.15, 0.2) is 0 Å². The van der Waals surface area contributed by atoms with Gasteiger partial charge in [0.05, 0.1) is 12.5 Å². The molecule has 0 bridgehead atoms. The summed E-state index contributed by atoms with van der Waals surface area (Å²) in [4.78, 5) is 11.9. The van der Waals surface area contributed by atoms with Crippen LogP contribution in [-0.2, 0) is 0 Å². The van der Waals surface area contributed by atoms with Crippen molar-refractivity contribution in [3.63, 3.8) is 0 Å². The molecule has 0 heterocycles. The normalized spacial score (nSPS) is 11.6. The molecule has 1 unspecified atom stereocenters. The van der Waals surface area contributed by atoms with E-state index in [9.17, 15) is 4.79 Å². The van der Waals surface area contributed by atoms with Crippen LogP contribution in [0.4, 0.5) is 0 Å². The number of benzene rings is 1. The molecule has 0 fully saturated rings. The monoisotopic (exact) mass is 216 g/mol. The van der Waals surface area contributed by atoms with Crippen LogP contribution in [0.25, 0.3) is 0 Å². The third-order valence-electron chi connectivity index (χ3n) is 2.62. The minimum atomic E-state index is -0.114. The van der Waals surface area contributed by atoms with Crippen molar-refractivity contribution in [1.29, 1.82) is 5.26 Å². The van der Waals surface area contributed by atoms with Crippen LogP contribution in [0.15, 0.2) is 18.2 Å². The number of nitrogens with one attached hydrogen (secondary N) is 1. The molecule has 0 spiro atoms. The van der Waals surface area contributed by atoms with Crippen LogP contribution in [0, 0.1) is 25.2 Å². The van der Waals surface area contributed by atoms with E-state index in [1.165, 1.54) is 0 Å². The average molecular weight is 216 g/mol. The summed E-state index contributed by atoms with van der Waals surface area (Å²) in [5, 5.41) is 11.3. The number of hydrogen-bond donors (Lipinski definition) is 1. The summed E-state index contributed by atoms with van der Waals surface area (Å²) in [6.07, 6.45) is 0.330. The Bertz CT molecular complexity index is 432.